The first-order chi connectivity index (χ1) is 17.3. The second kappa shape index (κ2) is 9.74. The number of aryl methyl sites for hydroxylation is 2. The van der Waals surface area contributed by atoms with Crippen molar-refractivity contribution >= 4 is 16.9 Å². The van der Waals surface area contributed by atoms with Gasteiger partial charge in [-0.15, -0.1) is 0 Å². The van der Waals surface area contributed by atoms with Crippen molar-refractivity contribution in [2.45, 2.75) is 71.0 Å². The Labute approximate surface area is 211 Å². The molecule has 1 saturated heterocycles. The second-order valence-electron chi connectivity index (χ2n) is 10.6. The van der Waals surface area contributed by atoms with Crippen molar-refractivity contribution in [1.82, 2.24) is 4.90 Å². The zero-order chi connectivity index (χ0) is 25.4. The van der Waals surface area contributed by atoms with Gasteiger partial charge in [0.05, 0.1) is 5.60 Å². The van der Waals surface area contributed by atoms with Gasteiger partial charge in [-0.25, -0.2) is 4.79 Å². The molecule has 6 heteroatoms. The van der Waals surface area contributed by atoms with E-state index in [-0.39, 0.29) is 17.5 Å². The monoisotopic (exact) mass is 489 g/mol. The first-order valence-electron chi connectivity index (χ1n) is 13.0. The van der Waals surface area contributed by atoms with E-state index in [9.17, 15) is 14.7 Å². The molecule has 0 radical (unpaired) electrons. The molecule has 2 aliphatic rings. The number of nitrogens with zero attached hydrogens (tertiary/aromatic N) is 1. The minimum Gasteiger partial charge on any atom is -0.480 e. The van der Waals surface area contributed by atoms with E-state index in [1.165, 1.54) is 0 Å². The molecule has 1 aromatic heterocycles. The van der Waals surface area contributed by atoms with Crippen molar-refractivity contribution in [3.8, 4) is 5.75 Å². The number of carbonyl (C=O) groups is 1. The van der Waals surface area contributed by atoms with Crippen LogP contribution in [0.3, 0.4) is 0 Å². The van der Waals surface area contributed by atoms with Crippen LogP contribution in [0.1, 0.15) is 61.3 Å². The fourth-order valence-electron chi connectivity index (χ4n) is 5.97. The van der Waals surface area contributed by atoms with Gasteiger partial charge in [-0.3, -0.25) is 4.79 Å². The number of hydrogen-bond donors (Lipinski definition) is 1. The highest BCUT2D eigenvalue weighted by Gasteiger charge is 2.44. The van der Waals surface area contributed by atoms with E-state index in [0.717, 1.165) is 42.2 Å². The highest BCUT2D eigenvalue weighted by molar-refractivity contribution is 5.86. The lowest BCUT2D eigenvalue weighted by Crippen LogP contribution is -2.56. The molecule has 0 spiro atoms. The summed E-state index contributed by atoms with van der Waals surface area (Å²) in [4.78, 5) is 28.0. The predicted octanol–water partition coefficient (Wildman–Crippen LogP) is 4.92. The van der Waals surface area contributed by atoms with E-state index in [4.69, 9.17) is 9.15 Å². The normalized spacial score (nSPS) is 22.8. The number of aliphatic hydroxyl groups is 1. The minimum absolute atomic E-state index is 0.0713. The number of ether oxygens (including phenoxy) is 1. The van der Waals surface area contributed by atoms with Gasteiger partial charge in [-0.1, -0.05) is 43.2 Å². The molecule has 1 N–H and O–H groups in total. The molecule has 0 unspecified atom stereocenters. The Bertz CT molecular complexity index is 1330. The van der Waals surface area contributed by atoms with Gasteiger partial charge < -0.3 is 19.2 Å². The molecule has 2 fully saturated rings. The Hall–Kier alpha value is -3.12. The minimum atomic E-state index is -0.680. The van der Waals surface area contributed by atoms with E-state index >= 15 is 0 Å². The number of hydrogen-bond acceptors (Lipinski definition) is 5. The van der Waals surface area contributed by atoms with Crippen LogP contribution in [0.25, 0.3) is 11.0 Å². The van der Waals surface area contributed by atoms with Crippen LogP contribution in [0.15, 0.2) is 51.7 Å². The maximum absolute atomic E-state index is 13.2. The standard InChI is InChI=1S/C30H35NO5/c1-19-24-12-13-26(20(2)27(24)36-29(33)25(19)17-22-9-5-4-6-10-22)35-21(3)28(32)31-16-15-30(34)14-8-7-11-23(30)18-31/h4-6,9-10,12-13,21,23,34H,7-8,11,14-18H2,1-3H3/t21-,23-,30-/m1/s1. The average Bonchev–Trinajstić information content (AvgIpc) is 2.88. The summed E-state index contributed by atoms with van der Waals surface area (Å²) >= 11 is 0. The lowest BCUT2D eigenvalue weighted by atomic mass is 9.71. The molecule has 36 heavy (non-hydrogen) atoms. The molecule has 2 aromatic carbocycles. The highest BCUT2D eigenvalue weighted by Crippen LogP contribution is 2.40. The Morgan fingerprint density at radius 2 is 1.92 bits per heavy atom. The fraction of sp³-hybridized carbons (Fsp3) is 0.467. The Morgan fingerprint density at radius 3 is 2.69 bits per heavy atom. The van der Waals surface area contributed by atoms with Crippen molar-refractivity contribution in [2.24, 2.45) is 5.92 Å². The fourth-order valence-corrected chi connectivity index (χ4v) is 5.97. The van der Waals surface area contributed by atoms with Crippen LogP contribution in [0.4, 0.5) is 0 Å². The van der Waals surface area contributed by atoms with E-state index in [1.807, 2.05) is 61.2 Å². The molecule has 2 heterocycles. The highest BCUT2D eigenvalue weighted by atomic mass is 16.5. The van der Waals surface area contributed by atoms with Crippen LogP contribution in [0, 0.1) is 19.8 Å². The molecule has 190 valence electrons. The van der Waals surface area contributed by atoms with Crippen molar-refractivity contribution in [1.29, 1.82) is 0 Å². The number of benzene rings is 2. The van der Waals surface area contributed by atoms with Crippen molar-refractivity contribution in [3.05, 3.63) is 75.1 Å². The molecule has 1 aliphatic heterocycles. The zero-order valence-electron chi connectivity index (χ0n) is 21.4. The molecule has 0 bridgehead atoms. The van der Waals surface area contributed by atoms with Gasteiger partial charge in [0.2, 0.25) is 0 Å². The summed E-state index contributed by atoms with van der Waals surface area (Å²) in [6.07, 6.45) is 4.42. The largest absolute Gasteiger partial charge is 0.480 e. The molecule has 1 aliphatic carbocycles. The smallest absolute Gasteiger partial charge is 0.340 e. The molecule has 5 rings (SSSR count). The number of piperidine rings is 1. The average molecular weight is 490 g/mol. The third-order valence-corrected chi connectivity index (χ3v) is 8.27. The van der Waals surface area contributed by atoms with E-state index in [2.05, 4.69) is 0 Å². The summed E-state index contributed by atoms with van der Waals surface area (Å²) < 4.78 is 11.9. The van der Waals surface area contributed by atoms with Crippen molar-refractivity contribution in [3.63, 3.8) is 0 Å². The maximum atomic E-state index is 13.2. The first-order valence-corrected chi connectivity index (χ1v) is 13.0. The molecule has 1 amide bonds. The van der Waals surface area contributed by atoms with Gasteiger partial charge in [0, 0.05) is 41.9 Å². The van der Waals surface area contributed by atoms with Crippen LogP contribution < -0.4 is 10.4 Å². The Kier molecular flexibility index (Phi) is 6.64. The number of rotatable bonds is 5. The summed E-state index contributed by atoms with van der Waals surface area (Å²) in [5, 5.41) is 11.8. The summed E-state index contributed by atoms with van der Waals surface area (Å²) in [5.41, 5.74) is 2.84. The van der Waals surface area contributed by atoms with Crippen LogP contribution in [0.2, 0.25) is 0 Å². The quantitative estimate of drug-likeness (QED) is 0.515. The molecule has 3 aromatic rings. The lowest BCUT2D eigenvalue weighted by molar-refractivity contribution is -0.149. The third-order valence-electron chi connectivity index (χ3n) is 8.27. The van der Waals surface area contributed by atoms with Gasteiger partial charge in [0.15, 0.2) is 6.10 Å². The van der Waals surface area contributed by atoms with Crippen molar-refractivity contribution in [2.75, 3.05) is 13.1 Å². The van der Waals surface area contributed by atoms with Crippen LogP contribution >= 0.6 is 0 Å². The van der Waals surface area contributed by atoms with Gasteiger partial charge in [0.25, 0.3) is 5.91 Å². The van der Waals surface area contributed by atoms with E-state index in [0.29, 0.717) is 48.4 Å². The third kappa shape index (κ3) is 4.55. The van der Waals surface area contributed by atoms with Gasteiger partial charge in [-0.2, -0.15) is 0 Å². The first kappa shape index (κ1) is 24.6. The molecule has 1 saturated carbocycles. The molecular weight excluding hydrogens is 454 g/mol. The maximum Gasteiger partial charge on any atom is 0.340 e. The molecular formula is C30H35NO5. The van der Waals surface area contributed by atoms with E-state index < -0.39 is 11.7 Å². The molecule has 6 nitrogen and oxygen atoms in total. The lowest BCUT2D eigenvalue weighted by Gasteiger charge is -2.47. The van der Waals surface area contributed by atoms with Crippen LogP contribution in [-0.2, 0) is 11.2 Å². The SMILES string of the molecule is Cc1c(Cc2ccccc2)c(=O)oc2c(C)c(O[C@H](C)C(=O)N3CC[C@]4(O)CCCC[C@@H]4C3)ccc12. The number of likely N-dealkylation sites (tertiary alicyclic amines) is 1. The van der Waals surface area contributed by atoms with Gasteiger partial charge in [-0.05, 0) is 63.3 Å². The van der Waals surface area contributed by atoms with Crippen LogP contribution in [-0.4, -0.2) is 40.7 Å². The zero-order valence-corrected chi connectivity index (χ0v) is 21.4. The van der Waals surface area contributed by atoms with Gasteiger partial charge >= 0.3 is 5.63 Å². The number of amides is 1. The number of carbonyl (C=O) groups excluding carboxylic acids is 1. The Morgan fingerprint density at radius 1 is 1.14 bits per heavy atom. The van der Waals surface area contributed by atoms with Crippen molar-refractivity contribution < 1.29 is 19.1 Å². The van der Waals surface area contributed by atoms with Gasteiger partial charge in [0.1, 0.15) is 11.3 Å². The summed E-state index contributed by atoms with van der Waals surface area (Å²) in [6.45, 7) is 6.70. The van der Waals surface area contributed by atoms with E-state index in [1.54, 1.807) is 6.92 Å². The molecule has 3 atom stereocenters. The second-order valence-corrected chi connectivity index (χ2v) is 10.6. The summed E-state index contributed by atoms with van der Waals surface area (Å²) in [5.74, 6) is 0.603. The topological polar surface area (TPSA) is 80.0 Å². The predicted molar refractivity (Wildman–Crippen MR) is 139 cm³/mol. The Balaban J connectivity index is 1.35. The summed E-state index contributed by atoms with van der Waals surface area (Å²) in [6, 6.07) is 13.6. The number of fused-ring (bicyclic) bond motifs is 2. The summed E-state index contributed by atoms with van der Waals surface area (Å²) in [7, 11) is 0. The van der Waals surface area contributed by atoms with Crippen LogP contribution in [0.5, 0.6) is 5.75 Å².